The van der Waals surface area contributed by atoms with Gasteiger partial charge in [-0.3, -0.25) is 9.59 Å². The Morgan fingerprint density at radius 2 is 2.00 bits per heavy atom. The van der Waals surface area contributed by atoms with E-state index in [0.29, 0.717) is 11.5 Å². The summed E-state index contributed by atoms with van der Waals surface area (Å²) in [6.45, 7) is 0. The molecule has 26 heavy (non-hydrogen) atoms. The SMILES string of the molecule is O=C1C[C@@H](C(=O)Nc2cccc(F)c2)n2ncc(-c3ccccc3)c2N1. The van der Waals surface area contributed by atoms with Gasteiger partial charge in [-0.25, -0.2) is 9.07 Å². The molecule has 2 aromatic carbocycles. The number of fused-ring (bicyclic) bond motifs is 1. The Bertz CT molecular complexity index is 984. The number of amides is 2. The molecule has 4 rings (SSSR count). The van der Waals surface area contributed by atoms with E-state index < -0.39 is 17.8 Å². The molecule has 2 heterocycles. The second kappa shape index (κ2) is 6.44. The molecule has 2 amide bonds. The lowest BCUT2D eigenvalue weighted by atomic mass is 10.1. The van der Waals surface area contributed by atoms with Gasteiger partial charge < -0.3 is 10.6 Å². The molecular formula is C19H15FN4O2. The minimum atomic E-state index is -0.806. The molecule has 1 aromatic heterocycles. The molecule has 0 unspecified atom stereocenters. The van der Waals surface area contributed by atoms with Crippen molar-refractivity contribution in [2.45, 2.75) is 12.5 Å². The van der Waals surface area contributed by atoms with Gasteiger partial charge in [-0.15, -0.1) is 0 Å². The molecule has 0 fully saturated rings. The lowest BCUT2D eigenvalue weighted by Crippen LogP contribution is -2.35. The van der Waals surface area contributed by atoms with Crippen molar-refractivity contribution in [3.63, 3.8) is 0 Å². The van der Waals surface area contributed by atoms with Gasteiger partial charge in [0.2, 0.25) is 11.8 Å². The number of nitrogens with zero attached hydrogens (tertiary/aromatic N) is 2. The Morgan fingerprint density at radius 1 is 1.19 bits per heavy atom. The topological polar surface area (TPSA) is 76.0 Å². The molecule has 2 N–H and O–H groups in total. The number of anilines is 2. The summed E-state index contributed by atoms with van der Waals surface area (Å²) in [7, 11) is 0. The minimum absolute atomic E-state index is 0.0376. The standard InChI is InChI=1S/C19H15FN4O2/c20-13-7-4-8-14(9-13)22-19(26)16-10-17(25)23-18-15(11-21-24(16)18)12-5-2-1-3-6-12/h1-9,11,16H,10H2,(H,22,26)(H,23,25)/t16-/m0/s1. The molecule has 0 saturated carbocycles. The van der Waals surface area contributed by atoms with Crippen LogP contribution in [0.15, 0.2) is 60.8 Å². The lowest BCUT2D eigenvalue weighted by Gasteiger charge is -2.24. The van der Waals surface area contributed by atoms with Crippen LogP contribution < -0.4 is 10.6 Å². The zero-order valence-electron chi connectivity index (χ0n) is 13.6. The second-order valence-corrected chi connectivity index (χ2v) is 5.99. The van der Waals surface area contributed by atoms with Gasteiger partial charge in [-0.05, 0) is 23.8 Å². The summed E-state index contributed by atoms with van der Waals surface area (Å²) in [6, 6.07) is 14.3. The van der Waals surface area contributed by atoms with Crippen LogP contribution in [0.1, 0.15) is 12.5 Å². The number of aromatic nitrogens is 2. The van der Waals surface area contributed by atoms with E-state index in [1.54, 1.807) is 12.3 Å². The largest absolute Gasteiger partial charge is 0.324 e. The van der Waals surface area contributed by atoms with Crippen LogP contribution >= 0.6 is 0 Å². The highest BCUT2D eigenvalue weighted by Crippen LogP contribution is 2.34. The number of benzene rings is 2. The summed E-state index contributed by atoms with van der Waals surface area (Å²) in [5.74, 6) is -0.661. The van der Waals surface area contributed by atoms with E-state index in [4.69, 9.17) is 0 Å². The average Bonchev–Trinajstić information content (AvgIpc) is 3.05. The van der Waals surface area contributed by atoms with Crippen molar-refractivity contribution >= 4 is 23.3 Å². The molecule has 1 atom stereocenters. The second-order valence-electron chi connectivity index (χ2n) is 5.99. The monoisotopic (exact) mass is 350 g/mol. The van der Waals surface area contributed by atoms with Crippen molar-refractivity contribution in [2.24, 2.45) is 0 Å². The number of rotatable bonds is 3. The summed E-state index contributed by atoms with van der Waals surface area (Å²) in [5, 5.41) is 9.73. The number of nitrogens with one attached hydrogen (secondary N) is 2. The van der Waals surface area contributed by atoms with Gasteiger partial charge in [0.1, 0.15) is 17.7 Å². The Kier molecular flexibility index (Phi) is 3.96. The highest BCUT2D eigenvalue weighted by Gasteiger charge is 2.33. The number of carbonyl (C=O) groups excluding carboxylic acids is 2. The van der Waals surface area contributed by atoms with Crippen molar-refractivity contribution in [3.8, 4) is 11.1 Å². The molecule has 1 aliphatic heterocycles. The fourth-order valence-corrected chi connectivity index (χ4v) is 2.99. The van der Waals surface area contributed by atoms with Gasteiger partial charge in [0.25, 0.3) is 0 Å². The fraction of sp³-hybridized carbons (Fsp3) is 0.105. The number of hydrogen-bond acceptors (Lipinski definition) is 3. The summed E-state index contributed by atoms with van der Waals surface area (Å²) in [6.07, 6.45) is 1.59. The normalized spacial score (nSPS) is 15.9. The van der Waals surface area contributed by atoms with Crippen molar-refractivity contribution < 1.29 is 14.0 Å². The summed E-state index contributed by atoms with van der Waals surface area (Å²) in [5.41, 5.74) is 1.96. The highest BCUT2D eigenvalue weighted by molar-refractivity contribution is 6.03. The van der Waals surface area contributed by atoms with E-state index in [0.717, 1.165) is 11.1 Å². The maximum absolute atomic E-state index is 13.3. The number of carbonyl (C=O) groups is 2. The predicted molar refractivity (Wildman–Crippen MR) is 95.0 cm³/mol. The number of halogens is 1. The molecule has 0 bridgehead atoms. The number of hydrogen-bond donors (Lipinski definition) is 2. The van der Waals surface area contributed by atoms with Gasteiger partial charge in [0, 0.05) is 11.3 Å². The third-order valence-corrected chi connectivity index (χ3v) is 4.21. The Hall–Kier alpha value is -3.48. The quantitative estimate of drug-likeness (QED) is 0.762. The van der Waals surface area contributed by atoms with Crippen molar-refractivity contribution in [3.05, 3.63) is 66.6 Å². The van der Waals surface area contributed by atoms with Crippen LogP contribution in [-0.4, -0.2) is 21.6 Å². The Morgan fingerprint density at radius 3 is 2.77 bits per heavy atom. The van der Waals surface area contributed by atoms with Gasteiger partial charge in [-0.1, -0.05) is 36.4 Å². The van der Waals surface area contributed by atoms with E-state index in [1.165, 1.54) is 22.9 Å². The summed E-state index contributed by atoms with van der Waals surface area (Å²) in [4.78, 5) is 24.8. The van der Waals surface area contributed by atoms with Crippen molar-refractivity contribution in [1.82, 2.24) is 9.78 Å². The molecular weight excluding hydrogens is 335 g/mol. The molecule has 3 aromatic rings. The molecule has 7 heteroatoms. The molecule has 6 nitrogen and oxygen atoms in total. The zero-order chi connectivity index (χ0) is 18.1. The fourth-order valence-electron chi connectivity index (χ4n) is 2.99. The van der Waals surface area contributed by atoms with Crippen LogP contribution in [0, 0.1) is 5.82 Å². The van der Waals surface area contributed by atoms with E-state index in [-0.39, 0.29) is 12.3 Å². The first-order chi connectivity index (χ1) is 12.6. The average molecular weight is 350 g/mol. The summed E-state index contributed by atoms with van der Waals surface area (Å²) >= 11 is 0. The highest BCUT2D eigenvalue weighted by atomic mass is 19.1. The third-order valence-electron chi connectivity index (χ3n) is 4.21. The first kappa shape index (κ1) is 16.0. The zero-order valence-corrected chi connectivity index (χ0v) is 13.6. The van der Waals surface area contributed by atoms with E-state index in [9.17, 15) is 14.0 Å². The maximum Gasteiger partial charge on any atom is 0.249 e. The van der Waals surface area contributed by atoms with Gasteiger partial charge in [0.05, 0.1) is 12.6 Å². The molecule has 0 aliphatic carbocycles. The van der Waals surface area contributed by atoms with E-state index in [2.05, 4.69) is 15.7 Å². The van der Waals surface area contributed by atoms with Crippen LogP contribution in [-0.2, 0) is 9.59 Å². The Balaban J connectivity index is 1.66. The maximum atomic E-state index is 13.3. The Labute approximate surface area is 148 Å². The molecule has 0 saturated heterocycles. The van der Waals surface area contributed by atoms with Crippen LogP contribution in [0.4, 0.5) is 15.9 Å². The third kappa shape index (κ3) is 2.95. The first-order valence-electron chi connectivity index (χ1n) is 8.11. The predicted octanol–water partition coefficient (Wildman–Crippen LogP) is 3.21. The van der Waals surface area contributed by atoms with Gasteiger partial charge in [-0.2, -0.15) is 5.10 Å². The van der Waals surface area contributed by atoms with Crippen LogP contribution in [0.2, 0.25) is 0 Å². The van der Waals surface area contributed by atoms with Gasteiger partial charge in [0.15, 0.2) is 0 Å². The van der Waals surface area contributed by atoms with E-state index in [1.807, 2.05) is 30.3 Å². The van der Waals surface area contributed by atoms with Crippen LogP contribution in [0.25, 0.3) is 11.1 Å². The lowest BCUT2D eigenvalue weighted by molar-refractivity contribution is -0.125. The first-order valence-corrected chi connectivity index (χ1v) is 8.11. The molecule has 0 spiro atoms. The molecule has 0 radical (unpaired) electrons. The summed E-state index contributed by atoms with van der Waals surface area (Å²) < 4.78 is 14.8. The van der Waals surface area contributed by atoms with Crippen molar-refractivity contribution in [2.75, 3.05) is 10.6 Å². The molecule has 130 valence electrons. The van der Waals surface area contributed by atoms with Crippen molar-refractivity contribution in [1.29, 1.82) is 0 Å². The van der Waals surface area contributed by atoms with Crippen LogP contribution in [0.5, 0.6) is 0 Å². The van der Waals surface area contributed by atoms with Gasteiger partial charge >= 0.3 is 0 Å². The van der Waals surface area contributed by atoms with E-state index >= 15 is 0 Å². The minimum Gasteiger partial charge on any atom is -0.324 e. The van der Waals surface area contributed by atoms with Crippen LogP contribution in [0.3, 0.4) is 0 Å². The smallest absolute Gasteiger partial charge is 0.249 e. The molecule has 1 aliphatic rings.